The molecular weight excluding hydrogens is 336 g/mol. The van der Waals surface area contributed by atoms with Gasteiger partial charge < -0.3 is 10.1 Å². The van der Waals surface area contributed by atoms with Crippen molar-refractivity contribution in [1.82, 2.24) is 10.2 Å². The van der Waals surface area contributed by atoms with E-state index in [0.717, 1.165) is 23.4 Å². The number of amides is 1. The first-order chi connectivity index (χ1) is 12.0. The fourth-order valence-electron chi connectivity index (χ4n) is 2.68. The molecule has 0 bridgehead atoms. The number of hydrogen-bond acceptors (Lipinski definition) is 3. The number of hydrogen-bond donors (Lipinski definition) is 1. The van der Waals surface area contributed by atoms with Crippen LogP contribution in [0.15, 0.2) is 48.5 Å². The lowest BCUT2D eigenvalue weighted by molar-refractivity contribution is -0.122. The van der Waals surface area contributed by atoms with Gasteiger partial charge in [0.05, 0.1) is 13.7 Å². The van der Waals surface area contributed by atoms with E-state index in [1.165, 1.54) is 0 Å². The number of rotatable bonds is 8. The van der Waals surface area contributed by atoms with E-state index in [2.05, 4.69) is 30.1 Å². The van der Waals surface area contributed by atoms with Gasteiger partial charge in [0.15, 0.2) is 0 Å². The molecule has 1 N–H and O–H groups in total. The predicted molar refractivity (Wildman–Crippen MR) is 102 cm³/mol. The van der Waals surface area contributed by atoms with Crippen LogP contribution in [-0.4, -0.2) is 31.0 Å². The van der Waals surface area contributed by atoms with Crippen molar-refractivity contribution in [3.05, 3.63) is 64.7 Å². The Morgan fingerprint density at radius 3 is 2.60 bits per heavy atom. The summed E-state index contributed by atoms with van der Waals surface area (Å²) in [6, 6.07) is 15.6. The number of halogens is 1. The second-order valence-corrected chi connectivity index (χ2v) is 6.36. The molecular formula is C20H25ClN2O2. The number of nitrogens with zero attached hydrogens (tertiary/aromatic N) is 1. The van der Waals surface area contributed by atoms with Gasteiger partial charge in [-0.25, -0.2) is 0 Å². The highest BCUT2D eigenvalue weighted by molar-refractivity contribution is 6.30. The minimum absolute atomic E-state index is 0.00606. The monoisotopic (exact) mass is 360 g/mol. The van der Waals surface area contributed by atoms with E-state index in [1.54, 1.807) is 7.11 Å². The van der Waals surface area contributed by atoms with Crippen LogP contribution in [-0.2, 0) is 11.3 Å². The zero-order valence-electron chi connectivity index (χ0n) is 15.0. The van der Waals surface area contributed by atoms with Crippen molar-refractivity contribution >= 4 is 17.5 Å². The quantitative estimate of drug-likeness (QED) is 0.772. The molecule has 5 heteroatoms. The molecule has 25 heavy (non-hydrogen) atoms. The Hall–Kier alpha value is -2.04. The van der Waals surface area contributed by atoms with Crippen molar-refractivity contribution in [2.45, 2.75) is 26.4 Å². The van der Waals surface area contributed by atoms with Gasteiger partial charge in [-0.15, -0.1) is 0 Å². The molecule has 0 heterocycles. The molecule has 0 saturated carbocycles. The van der Waals surface area contributed by atoms with Gasteiger partial charge in [-0.3, -0.25) is 9.69 Å². The number of likely N-dealkylation sites (N-methyl/N-ethyl adjacent to an activating group) is 1. The van der Waals surface area contributed by atoms with Gasteiger partial charge >= 0.3 is 0 Å². The SMILES string of the molecule is CCN(CC(=O)NCc1ccc(Cl)cc1)C(C)c1cccc(OC)c1. The standard InChI is InChI=1S/C20H25ClN2O2/c1-4-23(15(2)17-6-5-7-19(12-17)25-3)14-20(24)22-13-16-8-10-18(21)11-9-16/h5-12,15H,4,13-14H2,1-3H3,(H,22,24). The van der Waals surface area contributed by atoms with Crippen LogP contribution in [0.4, 0.5) is 0 Å². The van der Waals surface area contributed by atoms with Crippen LogP contribution in [0.1, 0.15) is 31.0 Å². The summed E-state index contributed by atoms with van der Waals surface area (Å²) in [5.74, 6) is 0.833. The highest BCUT2D eigenvalue weighted by Gasteiger charge is 2.17. The van der Waals surface area contributed by atoms with Gasteiger partial charge in [-0.1, -0.05) is 42.8 Å². The molecule has 0 aliphatic heterocycles. The Balaban J connectivity index is 1.93. The maximum absolute atomic E-state index is 12.3. The van der Waals surface area contributed by atoms with Crippen molar-refractivity contribution in [1.29, 1.82) is 0 Å². The molecule has 1 atom stereocenters. The minimum atomic E-state index is 0.00606. The molecule has 0 aromatic heterocycles. The molecule has 1 amide bonds. The maximum atomic E-state index is 12.3. The summed E-state index contributed by atoms with van der Waals surface area (Å²) < 4.78 is 5.29. The van der Waals surface area contributed by atoms with E-state index in [1.807, 2.05) is 42.5 Å². The highest BCUT2D eigenvalue weighted by atomic mass is 35.5. The lowest BCUT2D eigenvalue weighted by Gasteiger charge is -2.27. The molecule has 2 rings (SSSR count). The van der Waals surface area contributed by atoms with Crippen molar-refractivity contribution in [3.63, 3.8) is 0 Å². The molecule has 0 spiro atoms. The van der Waals surface area contributed by atoms with E-state index >= 15 is 0 Å². The predicted octanol–water partition coefficient (Wildman–Crippen LogP) is 4.05. The van der Waals surface area contributed by atoms with E-state index in [0.29, 0.717) is 18.1 Å². The Morgan fingerprint density at radius 2 is 1.96 bits per heavy atom. The molecule has 2 aromatic rings. The van der Waals surface area contributed by atoms with Crippen molar-refractivity contribution in [2.75, 3.05) is 20.2 Å². The van der Waals surface area contributed by atoms with Crippen LogP contribution < -0.4 is 10.1 Å². The zero-order valence-corrected chi connectivity index (χ0v) is 15.7. The Bertz CT molecular complexity index is 688. The fourth-order valence-corrected chi connectivity index (χ4v) is 2.80. The van der Waals surface area contributed by atoms with Gasteiger partial charge in [0.2, 0.25) is 5.91 Å². The first-order valence-electron chi connectivity index (χ1n) is 8.42. The van der Waals surface area contributed by atoms with Gasteiger partial charge in [0.1, 0.15) is 5.75 Å². The Morgan fingerprint density at radius 1 is 1.24 bits per heavy atom. The number of ether oxygens (including phenoxy) is 1. The molecule has 0 radical (unpaired) electrons. The average Bonchev–Trinajstić information content (AvgIpc) is 2.65. The average molecular weight is 361 g/mol. The van der Waals surface area contributed by atoms with Crippen LogP contribution in [0.2, 0.25) is 5.02 Å². The van der Waals surface area contributed by atoms with E-state index in [9.17, 15) is 4.79 Å². The van der Waals surface area contributed by atoms with Crippen LogP contribution in [0, 0.1) is 0 Å². The molecule has 1 unspecified atom stereocenters. The largest absolute Gasteiger partial charge is 0.497 e. The zero-order chi connectivity index (χ0) is 18.2. The third-order valence-electron chi connectivity index (χ3n) is 4.28. The van der Waals surface area contributed by atoms with Gasteiger partial charge in [0.25, 0.3) is 0 Å². The molecule has 0 aliphatic rings. The van der Waals surface area contributed by atoms with E-state index < -0.39 is 0 Å². The van der Waals surface area contributed by atoms with Crippen LogP contribution >= 0.6 is 11.6 Å². The topological polar surface area (TPSA) is 41.6 Å². The number of methoxy groups -OCH3 is 1. The van der Waals surface area contributed by atoms with Gasteiger partial charge in [-0.2, -0.15) is 0 Å². The molecule has 0 aliphatic carbocycles. The first-order valence-corrected chi connectivity index (χ1v) is 8.80. The van der Waals surface area contributed by atoms with Crippen LogP contribution in [0.3, 0.4) is 0 Å². The van der Waals surface area contributed by atoms with Crippen molar-refractivity contribution in [2.24, 2.45) is 0 Å². The normalized spacial score (nSPS) is 12.0. The third-order valence-corrected chi connectivity index (χ3v) is 4.53. The van der Waals surface area contributed by atoms with E-state index in [-0.39, 0.29) is 11.9 Å². The lowest BCUT2D eigenvalue weighted by atomic mass is 10.1. The molecule has 0 saturated heterocycles. The molecule has 134 valence electrons. The van der Waals surface area contributed by atoms with Crippen LogP contribution in [0.5, 0.6) is 5.75 Å². The Kier molecular flexibility index (Phi) is 7.29. The second-order valence-electron chi connectivity index (χ2n) is 5.92. The number of benzene rings is 2. The van der Waals surface area contributed by atoms with Crippen molar-refractivity contribution in [3.8, 4) is 5.75 Å². The summed E-state index contributed by atoms with van der Waals surface area (Å²) >= 11 is 5.87. The number of nitrogens with one attached hydrogen (secondary N) is 1. The summed E-state index contributed by atoms with van der Waals surface area (Å²) in [5.41, 5.74) is 2.16. The Labute approximate surface area is 154 Å². The summed E-state index contributed by atoms with van der Waals surface area (Å²) in [6.07, 6.45) is 0. The molecule has 0 fully saturated rings. The van der Waals surface area contributed by atoms with Crippen LogP contribution in [0.25, 0.3) is 0 Å². The lowest BCUT2D eigenvalue weighted by Crippen LogP contribution is -2.38. The first kappa shape index (κ1) is 19.3. The fraction of sp³-hybridized carbons (Fsp3) is 0.350. The highest BCUT2D eigenvalue weighted by Crippen LogP contribution is 2.23. The summed E-state index contributed by atoms with van der Waals surface area (Å²) in [5, 5.41) is 3.66. The summed E-state index contributed by atoms with van der Waals surface area (Å²) in [6.45, 7) is 5.80. The van der Waals surface area contributed by atoms with Gasteiger partial charge in [-0.05, 0) is 48.9 Å². The number of carbonyl (C=O) groups is 1. The summed E-state index contributed by atoms with van der Waals surface area (Å²) in [7, 11) is 1.66. The second kappa shape index (κ2) is 9.44. The third kappa shape index (κ3) is 5.76. The van der Waals surface area contributed by atoms with Gasteiger partial charge in [0, 0.05) is 17.6 Å². The molecule has 2 aromatic carbocycles. The van der Waals surface area contributed by atoms with E-state index in [4.69, 9.17) is 16.3 Å². The number of carbonyl (C=O) groups excluding carboxylic acids is 1. The molecule has 4 nitrogen and oxygen atoms in total. The van der Waals surface area contributed by atoms with Crippen molar-refractivity contribution < 1.29 is 9.53 Å². The minimum Gasteiger partial charge on any atom is -0.497 e. The maximum Gasteiger partial charge on any atom is 0.234 e. The smallest absolute Gasteiger partial charge is 0.234 e. The summed E-state index contributed by atoms with van der Waals surface area (Å²) in [4.78, 5) is 14.4.